The Morgan fingerprint density at radius 1 is 1.04 bits per heavy atom. The molecule has 2 aromatic carbocycles. The highest BCUT2D eigenvalue weighted by Gasteiger charge is 2.13. The SMILES string of the molecule is CCc1ccc(Cl)c(CC)c1NC(=O)CCc1ccc(OC)c(OC)c1. The largest absolute Gasteiger partial charge is 0.493 e. The van der Waals surface area contributed by atoms with Crippen LogP contribution < -0.4 is 14.8 Å². The fourth-order valence-electron chi connectivity index (χ4n) is 2.96. The normalized spacial score (nSPS) is 10.5. The molecule has 26 heavy (non-hydrogen) atoms. The summed E-state index contributed by atoms with van der Waals surface area (Å²) in [6.07, 6.45) is 2.62. The lowest BCUT2D eigenvalue weighted by atomic mass is 10.0. The van der Waals surface area contributed by atoms with Gasteiger partial charge in [0.05, 0.1) is 14.2 Å². The molecule has 0 radical (unpaired) electrons. The first-order valence-corrected chi connectivity index (χ1v) is 9.22. The second-order valence-corrected chi connectivity index (χ2v) is 6.41. The van der Waals surface area contributed by atoms with E-state index in [2.05, 4.69) is 12.2 Å². The number of nitrogens with one attached hydrogen (secondary N) is 1. The van der Waals surface area contributed by atoms with Gasteiger partial charge >= 0.3 is 0 Å². The quantitative estimate of drug-likeness (QED) is 0.702. The van der Waals surface area contributed by atoms with E-state index in [1.807, 2.05) is 37.3 Å². The van der Waals surface area contributed by atoms with Gasteiger partial charge in [0.1, 0.15) is 0 Å². The van der Waals surface area contributed by atoms with Gasteiger partial charge in [-0.2, -0.15) is 0 Å². The first-order valence-electron chi connectivity index (χ1n) is 8.84. The summed E-state index contributed by atoms with van der Waals surface area (Å²) >= 11 is 6.30. The molecule has 140 valence electrons. The Morgan fingerprint density at radius 3 is 2.38 bits per heavy atom. The molecule has 2 rings (SSSR count). The maximum absolute atomic E-state index is 12.5. The van der Waals surface area contributed by atoms with Gasteiger partial charge in [-0.15, -0.1) is 0 Å². The van der Waals surface area contributed by atoms with E-state index < -0.39 is 0 Å². The van der Waals surface area contributed by atoms with Gasteiger partial charge < -0.3 is 14.8 Å². The van der Waals surface area contributed by atoms with Crippen LogP contribution >= 0.6 is 11.6 Å². The van der Waals surface area contributed by atoms with E-state index in [1.165, 1.54) is 0 Å². The first-order chi connectivity index (χ1) is 12.5. The van der Waals surface area contributed by atoms with Crippen LogP contribution in [0.1, 0.15) is 37.0 Å². The molecule has 0 aliphatic heterocycles. The first kappa shape index (κ1) is 20.1. The molecule has 0 saturated carbocycles. The summed E-state index contributed by atoms with van der Waals surface area (Å²) < 4.78 is 10.6. The Hall–Kier alpha value is -2.20. The molecular formula is C21H26ClNO3. The molecule has 1 N–H and O–H groups in total. The van der Waals surface area contributed by atoms with Crippen molar-refractivity contribution in [2.45, 2.75) is 39.5 Å². The van der Waals surface area contributed by atoms with Crippen LogP contribution in [0.5, 0.6) is 11.5 Å². The molecule has 0 saturated heterocycles. The Morgan fingerprint density at radius 2 is 1.77 bits per heavy atom. The Labute approximate surface area is 160 Å². The maximum atomic E-state index is 12.5. The molecule has 5 heteroatoms. The number of halogens is 1. The third-order valence-corrected chi connectivity index (χ3v) is 4.78. The monoisotopic (exact) mass is 375 g/mol. The van der Waals surface area contributed by atoms with Gasteiger partial charge in [0, 0.05) is 17.1 Å². The van der Waals surface area contributed by atoms with Crippen molar-refractivity contribution in [1.82, 2.24) is 0 Å². The van der Waals surface area contributed by atoms with Crippen LogP contribution in [0.3, 0.4) is 0 Å². The second kappa shape index (κ2) is 9.48. The molecular weight excluding hydrogens is 350 g/mol. The van der Waals surface area contributed by atoms with Gasteiger partial charge in [-0.3, -0.25) is 4.79 Å². The van der Waals surface area contributed by atoms with Crippen LogP contribution in [0.25, 0.3) is 0 Å². The van der Waals surface area contributed by atoms with Crippen molar-refractivity contribution in [3.63, 3.8) is 0 Å². The van der Waals surface area contributed by atoms with E-state index in [9.17, 15) is 4.79 Å². The fraction of sp³-hybridized carbons (Fsp3) is 0.381. The van der Waals surface area contributed by atoms with Crippen LogP contribution in [-0.4, -0.2) is 20.1 Å². The van der Waals surface area contributed by atoms with Gasteiger partial charge in [-0.1, -0.05) is 37.6 Å². The van der Waals surface area contributed by atoms with Crippen molar-refractivity contribution in [3.05, 3.63) is 52.0 Å². The fourth-order valence-corrected chi connectivity index (χ4v) is 3.25. The Bertz CT molecular complexity index is 774. The van der Waals surface area contributed by atoms with Gasteiger partial charge in [-0.05, 0) is 54.2 Å². The minimum absolute atomic E-state index is 0.0218. The van der Waals surface area contributed by atoms with E-state index in [0.29, 0.717) is 29.4 Å². The predicted octanol–water partition coefficient (Wildman–Crippen LogP) is 5.05. The summed E-state index contributed by atoms with van der Waals surface area (Å²) in [6.45, 7) is 4.11. The summed E-state index contributed by atoms with van der Waals surface area (Å²) in [7, 11) is 3.21. The van der Waals surface area contributed by atoms with Crippen LogP contribution in [0, 0.1) is 0 Å². The number of methoxy groups -OCH3 is 2. The number of rotatable bonds is 8. The van der Waals surface area contributed by atoms with Crippen molar-refractivity contribution in [3.8, 4) is 11.5 Å². The summed E-state index contributed by atoms with van der Waals surface area (Å²) in [6, 6.07) is 9.58. The molecule has 0 bridgehead atoms. The average molecular weight is 376 g/mol. The zero-order chi connectivity index (χ0) is 19.1. The number of aryl methyl sites for hydroxylation is 2. The average Bonchev–Trinajstić information content (AvgIpc) is 2.66. The lowest BCUT2D eigenvalue weighted by molar-refractivity contribution is -0.116. The lowest BCUT2D eigenvalue weighted by Gasteiger charge is -2.16. The third kappa shape index (κ3) is 4.70. The molecule has 0 atom stereocenters. The zero-order valence-corrected chi connectivity index (χ0v) is 16.6. The molecule has 0 aromatic heterocycles. The number of ether oxygens (including phenoxy) is 2. The number of carbonyl (C=O) groups is 1. The van der Waals surface area contributed by atoms with Crippen LogP contribution in [0.15, 0.2) is 30.3 Å². The third-order valence-electron chi connectivity index (χ3n) is 4.43. The van der Waals surface area contributed by atoms with Crippen LogP contribution in [-0.2, 0) is 24.1 Å². The highest BCUT2D eigenvalue weighted by Crippen LogP contribution is 2.30. The molecule has 0 aliphatic rings. The van der Waals surface area contributed by atoms with E-state index in [0.717, 1.165) is 35.2 Å². The van der Waals surface area contributed by atoms with Crippen molar-refractivity contribution < 1.29 is 14.3 Å². The van der Waals surface area contributed by atoms with Gasteiger partial charge in [0.25, 0.3) is 0 Å². The summed E-state index contributed by atoms with van der Waals surface area (Å²) in [5.74, 6) is 1.33. The number of amides is 1. The molecule has 0 fully saturated rings. The number of anilines is 1. The Kier molecular flexibility index (Phi) is 7.34. The van der Waals surface area contributed by atoms with Crippen molar-refractivity contribution in [2.75, 3.05) is 19.5 Å². The summed E-state index contributed by atoms with van der Waals surface area (Å²) in [5, 5.41) is 3.76. The van der Waals surface area contributed by atoms with E-state index in [4.69, 9.17) is 21.1 Å². The highest BCUT2D eigenvalue weighted by molar-refractivity contribution is 6.32. The topological polar surface area (TPSA) is 47.6 Å². The van der Waals surface area contributed by atoms with E-state index in [1.54, 1.807) is 14.2 Å². The number of benzene rings is 2. The molecule has 4 nitrogen and oxygen atoms in total. The summed E-state index contributed by atoms with van der Waals surface area (Å²) in [5.41, 5.74) is 3.98. The molecule has 0 spiro atoms. The molecule has 0 aliphatic carbocycles. The van der Waals surface area contributed by atoms with Crippen LogP contribution in [0.2, 0.25) is 5.02 Å². The van der Waals surface area contributed by atoms with Crippen molar-refractivity contribution in [2.24, 2.45) is 0 Å². The highest BCUT2D eigenvalue weighted by atomic mass is 35.5. The lowest BCUT2D eigenvalue weighted by Crippen LogP contribution is -2.15. The second-order valence-electron chi connectivity index (χ2n) is 6.00. The van der Waals surface area contributed by atoms with Crippen LogP contribution in [0.4, 0.5) is 5.69 Å². The number of hydrogen-bond acceptors (Lipinski definition) is 3. The zero-order valence-electron chi connectivity index (χ0n) is 15.8. The minimum atomic E-state index is -0.0218. The van der Waals surface area contributed by atoms with Crippen molar-refractivity contribution >= 4 is 23.2 Å². The van der Waals surface area contributed by atoms with Crippen molar-refractivity contribution in [1.29, 1.82) is 0 Å². The maximum Gasteiger partial charge on any atom is 0.224 e. The number of hydrogen-bond donors (Lipinski definition) is 1. The number of carbonyl (C=O) groups excluding carboxylic acids is 1. The van der Waals surface area contributed by atoms with E-state index in [-0.39, 0.29) is 5.91 Å². The summed E-state index contributed by atoms with van der Waals surface area (Å²) in [4.78, 5) is 12.5. The Balaban J connectivity index is 2.09. The standard InChI is InChI=1S/C21H26ClNO3/c1-5-15-9-10-17(22)16(6-2)21(15)23-20(24)12-8-14-7-11-18(25-3)19(13-14)26-4/h7,9-11,13H,5-6,8,12H2,1-4H3,(H,23,24). The van der Waals surface area contributed by atoms with Gasteiger partial charge in [-0.25, -0.2) is 0 Å². The van der Waals surface area contributed by atoms with Gasteiger partial charge in [0.2, 0.25) is 5.91 Å². The molecule has 0 heterocycles. The van der Waals surface area contributed by atoms with E-state index >= 15 is 0 Å². The molecule has 0 unspecified atom stereocenters. The predicted molar refractivity (Wildman–Crippen MR) is 107 cm³/mol. The minimum Gasteiger partial charge on any atom is -0.493 e. The molecule has 1 amide bonds. The smallest absolute Gasteiger partial charge is 0.224 e. The molecule has 2 aromatic rings. The van der Waals surface area contributed by atoms with Gasteiger partial charge in [0.15, 0.2) is 11.5 Å².